The highest BCUT2D eigenvalue weighted by atomic mass is 35.5. The standard InChI is InChI=1S/C37H41NO5S.ClH/c1-44(39,40)34-18-10-29(11-19-34)35-20-12-30-26-33(42-27-28-8-4-2-5-9-28)17-21-36(30)37(35)43-32-15-13-31(14-16-32)41-25-24-38-22-6-3-7-23-38;/h2,4-5,8-10,12-17,20-21,26,34H,3,6-7,11,18-19,22-25,27H2,1H3;1H. The Bertz CT molecular complexity index is 1700. The number of allylic oxidation sites excluding steroid dienone is 2. The summed E-state index contributed by atoms with van der Waals surface area (Å²) in [5, 5.41) is 1.66. The zero-order chi connectivity index (χ0) is 30.4. The van der Waals surface area contributed by atoms with E-state index in [-0.39, 0.29) is 17.7 Å². The third kappa shape index (κ3) is 8.60. The Morgan fingerprint density at radius 1 is 0.822 bits per heavy atom. The van der Waals surface area contributed by atoms with Crippen molar-refractivity contribution in [1.29, 1.82) is 0 Å². The highest BCUT2D eigenvalue weighted by molar-refractivity contribution is 7.91. The number of benzene rings is 4. The number of ether oxygens (including phenoxy) is 3. The van der Waals surface area contributed by atoms with Crippen molar-refractivity contribution in [1.82, 2.24) is 4.90 Å². The molecule has 0 aromatic heterocycles. The summed E-state index contributed by atoms with van der Waals surface area (Å²) in [6.45, 7) is 4.44. The van der Waals surface area contributed by atoms with E-state index in [9.17, 15) is 8.42 Å². The van der Waals surface area contributed by atoms with E-state index in [0.29, 0.717) is 32.5 Å². The van der Waals surface area contributed by atoms with E-state index in [4.69, 9.17) is 14.2 Å². The predicted octanol–water partition coefficient (Wildman–Crippen LogP) is 8.48. The molecule has 0 saturated carbocycles. The van der Waals surface area contributed by atoms with Gasteiger partial charge in [0.1, 0.15) is 36.2 Å². The van der Waals surface area contributed by atoms with Crippen LogP contribution in [0.2, 0.25) is 0 Å². The van der Waals surface area contributed by atoms with E-state index < -0.39 is 9.84 Å². The number of fused-ring (bicyclic) bond motifs is 1. The molecule has 0 amide bonds. The molecule has 1 heterocycles. The molecule has 1 atom stereocenters. The molecule has 6 nitrogen and oxygen atoms in total. The molecule has 8 heteroatoms. The van der Waals surface area contributed by atoms with E-state index in [0.717, 1.165) is 70.1 Å². The van der Waals surface area contributed by atoms with Crippen LogP contribution in [0.25, 0.3) is 16.3 Å². The number of hydrogen-bond acceptors (Lipinski definition) is 6. The fourth-order valence-electron chi connectivity index (χ4n) is 6.11. The quantitative estimate of drug-likeness (QED) is 0.163. The zero-order valence-corrected chi connectivity index (χ0v) is 27.5. The van der Waals surface area contributed by atoms with Gasteiger partial charge in [-0.25, -0.2) is 8.42 Å². The van der Waals surface area contributed by atoms with Gasteiger partial charge in [0.05, 0.1) is 5.25 Å². The molecule has 238 valence electrons. The van der Waals surface area contributed by atoms with Crippen LogP contribution in [-0.4, -0.2) is 51.1 Å². The minimum atomic E-state index is -3.08. The van der Waals surface area contributed by atoms with Crippen molar-refractivity contribution in [2.24, 2.45) is 0 Å². The molecule has 1 fully saturated rings. The van der Waals surface area contributed by atoms with Crippen LogP contribution >= 0.6 is 12.4 Å². The van der Waals surface area contributed by atoms with Gasteiger partial charge in [-0.3, -0.25) is 4.90 Å². The lowest BCUT2D eigenvalue weighted by atomic mass is 9.91. The smallest absolute Gasteiger partial charge is 0.150 e. The second-order valence-corrected chi connectivity index (χ2v) is 14.2. The Hall–Kier alpha value is -3.52. The fourth-order valence-corrected chi connectivity index (χ4v) is 7.11. The van der Waals surface area contributed by atoms with Gasteiger partial charge in [-0.2, -0.15) is 0 Å². The highest BCUT2D eigenvalue weighted by Gasteiger charge is 2.25. The lowest BCUT2D eigenvalue weighted by molar-refractivity contribution is 0.183. The van der Waals surface area contributed by atoms with Gasteiger partial charge in [0, 0.05) is 23.8 Å². The Morgan fingerprint density at radius 3 is 2.27 bits per heavy atom. The molecule has 45 heavy (non-hydrogen) atoms. The number of sulfone groups is 1. The van der Waals surface area contributed by atoms with Gasteiger partial charge in [0.15, 0.2) is 9.84 Å². The van der Waals surface area contributed by atoms with E-state index in [1.54, 1.807) is 0 Å². The molecule has 1 aliphatic heterocycles. The molecule has 4 aromatic carbocycles. The molecule has 1 saturated heterocycles. The summed E-state index contributed by atoms with van der Waals surface area (Å²) in [7, 11) is -3.08. The average Bonchev–Trinajstić information content (AvgIpc) is 3.05. The third-order valence-electron chi connectivity index (χ3n) is 8.67. The van der Waals surface area contributed by atoms with Gasteiger partial charge in [0.2, 0.25) is 0 Å². The summed E-state index contributed by atoms with van der Waals surface area (Å²) in [5.41, 5.74) is 3.22. The number of likely N-dealkylation sites (tertiary alicyclic amines) is 1. The SMILES string of the molecule is CS(=O)(=O)C1CC=C(c2ccc3cc(OCc4ccccc4)ccc3c2Oc2ccc(OCCN3CCCCC3)cc2)CC1.Cl. The molecule has 1 unspecified atom stereocenters. The van der Waals surface area contributed by atoms with Gasteiger partial charge in [-0.15, -0.1) is 12.4 Å². The first kappa shape index (κ1) is 32.9. The zero-order valence-electron chi connectivity index (χ0n) is 25.8. The fraction of sp³-hybridized carbons (Fsp3) is 0.351. The Kier molecular flexibility index (Phi) is 11.1. The number of nitrogens with zero attached hydrogens (tertiary/aromatic N) is 1. The lowest BCUT2D eigenvalue weighted by Crippen LogP contribution is -2.33. The normalized spacial score (nSPS) is 17.3. The topological polar surface area (TPSA) is 65.1 Å². The van der Waals surface area contributed by atoms with Gasteiger partial charge >= 0.3 is 0 Å². The molecule has 0 bridgehead atoms. The van der Waals surface area contributed by atoms with Gasteiger partial charge < -0.3 is 14.2 Å². The maximum Gasteiger partial charge on any atom is 0.150 e. The molecular formula is C37H42ClNO5S. The largest absolute Gasteiger partial charge is 0.492 e. The number of rotatable bonds is 11. The van der Waals surface area contributed by atoms with E-state index in [1.807, 2.05) is 54.6 Å². The molecule has 0 N–H and O–H groups in total. The Labute approximate surface area is 273 Å². The number of piperidine rings is 1. The number of halogens is 1. The van der Waals surface area contributed by atoms with Gasteiger partial charge in [0.25, 0.3) is 0 Å². The molecule has 0 radical (unpaired) electrons. The van der Waals surface area contributed by atoms with Gasteiger partial charge in [-0.05, 0) is 104 Å². The average molecular weight is 648 g/mol. The Morgan fingerprint density at radius 2 is 1.56 bits per heavy atom. The first-order valence-electron chi connectivity index (χ1n) is 15.7. The summed E-state index contributed by atoms with van der Waals surface area (Å²) in [6.07, 6.45) is 9.10. The predicted molar refractivity (Wildman–Crippen MR) is 185 cm³/mol. The monoisotopic (exact) mass is 647 g/mol. The van der Waals surface area contributed by atoms with Crippen molar-refractivity contribution in [2.45, 2.75) is 50.4 Å². The van der Waals surface area contributed by atoms with E-state index >= 15 is 0 Å². The van der Waals surface area contributed by atoms with Crippen LogP contribution in [0.3, 0.4) is 0 Å². The molecule has 6 rings (SSSR count). The van der Waals surface area contributed by atoms with Crippen molar-refractivity contribution >= 4 is 38.6 Å². The van der Waals surface area contributed by atoms with Crippen LogP contribution in [0, 0.1) is 0 Å². The third-order valence-corrected chi connectivity index (χ3v) is 10.3. The minimum absolute atomic E-state index is 0. The van der Waals surface area contributed by atoms with Crippen LogP contribution in [0.5, 0.6) is 23.0 Å². The van der Waals surface area contributed by atoms with Crippen LogP contribution in [-0.2, 0) is 16.4 Å². The van der Waals surface area contributed by atoms with Crippen LogP contribution in [0.15, 0.2) is 91.0 Å². The highest BCUT2D eigenvalue weighted by Crippen LogP contribution is 2.42. The van der Waals surface area contributed by atoms with Crippen LogP contribution in [0.1, 0.15) is 49.7 Å². The molecular weight excluding hydrogens is 606 g/mol. The summed E-state index contributed by atoms with van der Waals surface area (Å²) >= 11 is 0. The summed E-state index contributed by atoms with van der Waals surface area (Å²) in [6, 6.07) is 28.2. The van der Waals surface area contributed by atoms with Gasteiger partial charge in [-0.1, -0.05) is 55.0 Å². The van der Waals surface area contributed by atoms with Crippen molar-refractivity contribution in [2.75, 3.05) is 32.5 Å². The first-order valence-corrected chi connectivity index (χ1v) is 17.6. The summed E-state index contributed by atoms with van der Waals surface area (Å²) in [4.78, 5) is 2.47. The summed E-state index contributed by atoms with van der Waals surface area (Å²) < 4.78 is 43.1. The molecule has 1 aliphatic carbocycles. The Balaban J connectivity index is 0.00000400. The summed E-state index contributed by atoms with van der Waals surface area (Å²) in [5.74, 6) is 3.10. The maximum absolute atomic E-state index is 12.2. The molecule has 0 spiro atoms. The second-order valence-electron chi connectivity index (χ2n) is 11.9. The van der Waals surface area contributed by atoms with Crippen LogP contribution in [0.4, 0.5) is 0 Å². The molecule has 2 aliphatic rings. The van der Waals surface area contributed by atoms with E-state index in [2.05, 4.69) is 41.3 Å². The second kappa shape index (κ2) is 15.2. The van der Waals surface area contributed by atoms with E-state index in [1.165, 1.54) is 25.5 Å². The first-order chi connectivity index (χ1) is 21.4. The lowest BCUT2D eigenvalue weighted by Gasteiger charge is -2.26. The van der Waals surface area contributed by atoms with Crippen molar-refractivity contribution in [3.05, 3.63) is 102 Å². The maximum atomic E-state index is 12.2. The number of hydrogen-bond donors (Lipinski definition) is 0. The van der Waals surface area contributed by atoms with Crippen LogP contribution < -0.4 is 14.2 Å². The van der Waals surface area contributed by atoms with Crippen molar-refractivity contribution < 1.29 is 22.6 Å². The van der Waals surface area contributed by atoms with Crippen molar-refractivity contribution in [3.8, 4) is 23.0 Å². The van der Waals surface area contributed by atoms with Crippen molar-refractivity contribution in [3.63, 3.8) is 0 Å². The molecule has 4 aromatic rings. The minimum Gasteiger partial charge on any atom is -0.492 e.